The molecule has 0 bridgehead atoms. The summed E-state index contributed by atoms with van der Waals surface area (Å²) in [6.45, 7) is 2.90. The molecule has 0 saturated heterocycles. The van der Waals surface area contributed by atoms with Gasteiger partial charge in [-0.3, -0.25) is 9.59 Å². The average molecular weight is 246 g/mol. The third-order valence-electron chi connectivity index (χ3n) is 2.43. The first-order valence-electron chi connectivity index (χ1n) is 5.10. The summed E-state index contributed by atoms with van der Waals surface area (Å²) >= 11 is 0. The predicted molar refractivity (Wildman–Crippen MR) is 59.4 cm³/mol. The molecule has 0 spiro atoms. The van der Waals surface area contributed by atoms with E-state index in [2.05, 4.69) is 10.1 Å². The number of carboxylic acids is 1. The highest BCUT2D eigenvalue weighted by molar-refractivity contribution is 5.81. The minimum atomic E-state index is -0.992. The van der Waals surface area contributed by atoms with Gasteiger partial charge < -0.3 is 20.1 Å². The van der Waals surface area contributed by atoms with Gasteiger partial charge in [-0.05, 0) is 13.8 Å². The van der Waals surface area contributed by atoms with Crippen molar-refractivity contribution >= 4 is 18.0 Å². The second-order valence-corrected chi connectivity index (χ2v) is 3.80. The number of hydrogen-bond acceptors (Lipinski definition) is 4. The Bertz CT molecular complexity index is 305. The molecule has 2 atom stereocenters. The Hall–Kier alpha value is -1.79. The van der Waals surface area contributed by atoms with Gasteiger partial charge in [0.1, 0.15) is 6.54 Å². The number of carboxylic acid groups (broad SMARTS) is 1. The van der Waals surface area contributed by atoms with Crippen LogP contribution in [0.3, 0.4) is 0 Å². The molecule has 2 N–H and O–H groups in total. The van der Waals surface area contributed by atoms with E-state index in [1.807, 2.05) is 0 Å². The zero-order chi connectivity index (χ0) is 13.6. The molecule has 0 aliphatic heterocycles. The summed E-state index contributed by atoms with van der Waals surface area (Å²) in [7, 11) is 2.65. The summed E-state index contributed by atoms with van der Waals surface area (Å²) in [5.74, 6) is -2.24. The van der Waals surface area contributed by atoms with Gasteiger partial charge in [-0.1, -0.05) is 0 Å². The second-order valence-electron chi connectivity index (χ2n) is 3.80. The Balaban J connectivity index is 4.25. The topological polar surface area (TPSA) is 95.9 Å². The van der Waals surface area contributed by atoms with Crippen LogP contribution in [0.4, 0.5) is 4.79 Å². The third kappa shape index (κ3) is 5.19. The fraction of sp³-hybridized carbons (Fsp3) is 0.700. The first-order valence-corrected chi connectivity index (χ1v) is 5.10. The highest BCUT2D eigenvalue weighted by Crippen LogP contribution is 2.02. The van der Waals surface area contributed by atoms with Crippen LogP contribution in [-0.4, -0.2) is 54.7 Å². The van der Waals surface area contributed by atoms with Gasteiger partial charge in [-0.15, -0.1) is 0 Å². The number of carbonyl (C=O) groups is 3. The number of carbonyl (C=O) groups excluding carboxylic acids is 2. The van der Waals surface area contributed by atoms with Crippen LogP contribution in [0.1, 0.15) is 13.8 Å². The number of ether oxygens (including phenoxy) is 1. The molecule has 0 heterocycles. The molecule has 0 aliphatic carbocycles. The molecule has 98 valence electrons. The van der Waals surface area contributed by atoms with Crippen LogP contribution in [0, 0.1) is 5.92 Å². The van der Waals surface area contributed by atoms with E-state index in [1.165, 1.54) is 21.1 Å². The van der Waals surface area contributed by atoms with Crippen LogP contribution in [0.5, 0.6) is 0 Å². The number of likely N-dealkylation sites (N-methyl/N-ethyl adjacent to an activating group) is 1. The van der Waals surface area contributed by atoms with E-state index >= 15 is 0 Å². The predicted octanol–water partition coefficient (Wildman–Crippen LogP) is -0.0900. The van der Waals surface area contributed by atoms with Crippen LogP contribution in [0.25, 0.3) is 0 Å². The Labute approximate surface area is 99.7 Å². The molecule has 2 amide bonds. The molecule has 0 fully saturated rings. The molecule has 0 rings (SSSR count). The minimum Gasteiger partial charge on any atom is -0.481 e. The van der Waals surface area contributed by atoms with Crippen molar-refractivity contribution in [3.05, 3.63) is 0 Å². The molecule has 0 aromatic heterocycles. The van der Waals surface area contributed by atoms with Crippen molar-refractivity contribution in [1.29, 1.82) is 0 Å². The summed E-state index contributed by atoms with van der Waals surface area (Å²) in [6, 6.07) is -1.05. The van der Waals surface area contributed by atoms with Crippen LogP contribution >= 0.6 is 0 Å². The number of aliphatic carboxylic acids is 1. The number of hydrogen-bond donors (Lipinski definition) is 2. The van der Waals surface area contributed by atoms with E-state index in [0.717, 1.165) is 4.90 Å². The van der Waals surface area contributed by atoms with Gasteiger partial charge in [0.2, 0.25) is 0 Å². The first kappa shape index (κ1) is 15.2. The van der Waals surface area contributed by atoms with E-state index < -0.39 is 29.9 Å². The van der Waals surface area contributed by atoms with Crippen molar-refractivity contribution in [2.24, 2.45) is 5.92 Å². The fourth-order valence-electron chi connectivity index (χ4n) is 0.974. The number of nitrogens with zero attached hydrogens (tertiary/aromatic N) is 1. The van der Waals surface area contributed by atoms with E-state index in [4.69, 9.17) is 5.11 Å². The second kappa shape index (κ2) is 6.72. The van der Waals surface area contributed by atoms with E-state index in [9.17, 15) is 14.4 Å². The van der Waals surface area contributed by atoms with E-state index in [1.54, 1.807) is 6.92 Å². The quantitative estimate of drug-likeness (QED) is 0.661. The lowest BCUT2D eigenvalue weighted by Gasteiger charge is -2.22. The van der Waals surface area contributed by atoms with E-state index in [0.29, 0.717) is 0 Å². The van der Waals surface area contributed by atoms with Crippen molar-refractivity contribution < 1.29 is 24.2 Å². The van der Waals surface area contributed by atoms with Gasteiger partial charge >= 0.3 is 18.0 Å². The lowest BCUT2D eigenvalue weighted by atomic mass is 10.0. The number of nitrogens with one attached hydrogen (secondary N) is 1. The zero-order valence-electron chi connectivity index (χ0n) is 10.4. The molecule has 0 radical (unpaired) electrons. The highest BCUT2D eigenvalue weighted by Gasteiger charge is 2.22. The molecular weight excluding hydrogens is 228 g/mol. The molecule has 17 heavy (non-hydrogen) atoms. The summed E-state index contributed by atoms with van der Waals surface area (Å²) in [5, 5.41) is 11.2. The van der Waals surface area contributed by atoms with Crippen LogP contribution in [0.2, 0.25) is 0 Å². The Morgan fingerprint density at radius 1 is 1.35 bits per heavy atom. The zero-order valence-corrected chi connectivity index (χ0v) is 10.4. The van der Waals surface area contributed by atoms with Crippen molar-refractivity contribution in [3.63, 3.8) is 0 Å². The Morgan fingerprint density at radius 3 is 2.29 bits per heavy atom. The standard InChI is InChI=1S/C10H18N2O5/c1-6(9(14)15)7(2)11-10(16)12(3)5-8(13)17-4/h6-7H,5H2,1-4H3,(H,11,16)(H,14,15). The first-order chi connectivity index (χ1) is 7.79. The highest BCUT2D eigenvalue weighted by atomic mass is 16.5. The van der Waals surface area contributed by atoms with Crippen molar-refractivity contribution in [2.45, 2.75) is 19.9 Å². The molecule has 0 aliphatic rings. The van der Waals surface area contributed by atoms with Gasteiger partial charge in [-0.25, -0.2) is 4.79 Å². The monoisotopic (exact) mass is 246 g/mol. The maximum Gasteiger partial charge on any atom is 0.325 e. The Morgan fingerprint density at radius 2 is 1.88 bits per heavy atom. The average Bonchev–Trinajstić information content (AvgIpc) is 2.27. The van der Waals surface area contributed by atoms with Gasteiger partial charge in [0.05, 0.1) is 13.0 Å². The lowest BCUT2D eigenvalue weighted by molar-refractivity contribution is -0.142. The smallest absolute Gasteiger partial charge is 0.325 e. The maximum absolute atomic E-state index is 11.5. The van der Waals surface area contributed by atoms with Gasteiger partial charge in [0.15, 0.2) is 0 Å². The third-order valence-corrected chi connectivity index (χ3v) is 2.43. The van der Waals surface area contributed by atoms with Crippen LogP contribution < -0.4 is 5.32 Å². The number of amides is 2. The largest absolute Gasteiger partial charge is 0.481 e. The van der Waals surface area contributed by atoms with Crippen molar-refractivity contribution in [1.82, 2.24) is 10.2 Å². The van der Waals surface area contributed by atoms with Crippen LogP contribution in [0.15, 0.2) is 0 Å². The number of rotatable bonds is 5. The van der Waals surface area contributed by atoms with Crippen molar-refractivity contribution in [2.75, 3.05) is 20.7 Å². The lowest BCUT2D eigenvalue weighted by Crippen LogP contribution is -2.47. The normalized spacial score (nSPS) is 13.4. The van der Waals surface area contributed by atoms with Crippen LogP contribution in [-0.2, 0) is 14.3 Å². The van der Waals surface area contributed by atoms with Gasteiger partial charge in [-0.2, -0.15) is 0 Å². The van der Waals surface area contributed by atoms with Gasteiger partial charge in [0, 0.05) is 13.1 Å². The molecule has 2 unspecified atom stereocenters. The molecule has 0 aromatic rings. The number of esters is 1. The van der Waals surface area contributed by atoms with Gasteiger partial charge in [0.25, 0.3) is 0 Å². The molecule has 7 nitrogen and oxygen atoms in total. The number of methoxy groups -OCH3 is 1. The van der Waals surface area contributed by atoms with E-state index in [-0.39, 0.29) is 6.54 Å². The number of urea groups is 1. The molecular formula is C10H18N2O5. The minimum absolute atomic E-state index is 0.184. The summed E-state index contributed by atoms with van der Waals surface area (Å²) in [6.07, 6.45) is 0. The molecule has 0 aromatic carbocycles. The summed E-state index contributed by atoms with van der Waals surface area (Å²) in [4.78, 5) is 34.3. The maximum atomic E-state index is 11.5. The SMILES string of the molecule is COC(=O)CN(C)C(=O)NC(C)C(C)C(=O)O. The fourth-order valence-corrected chi connectivity index (χ4v) is 0.974. The molecule has 0 saturated carbocycles. The molecule has 7 heteroatoms. The summed E-state index contributed by atoms with van der Waals surface area (Å²) in [5.41, 5.74) is 0. The Kier molecular flexibility index (Phi) is 6.01. The van der Waals surface area contributed by atoms with Crippen molar-refractivity contribution in [3.8, 4) is 0 Å². The summed E-state index contributed by atoms with van der Waals surface area (Å²) < 4.78 is 4.41.